The Labute approximate surface area is 160 Å². The maximum Gasteiger partial charge on any atom is 0.186 e. The van der Waals surface area contributed by atoms with Crippen LogP contribution in [0.4, 0.5) is 0 Å². The van der Waals surface area contributed by atoms with Crippen molar-refractivity contribution in [3.63, 3.8) is 0 Å². The van der Waals surface area contributed by atoms with Crippen molar-refractivity contribution in [2.24, 2.45) is 5.92 Å². The highest BCUT2D eigenvalue weighted by Gasteiger charge is 2.44. The van der Waals surface area contributed by atoms with Crippen molar-refractivity contribution in [2.45, 2.75) is 69.4 Å². The van der Waals surface area contributed by atoms with Crippen LogP contribution in [0, 0.1) is 5.92 Å². The normalized spacial score (nSPS) is 30.8. The summed E-state index contributed by atoms with van der Waals surface area (Å²) >= 11 is 0. The van der Waals surface area contributed by atoms with Crippen molar-refractivity contribution in [3.05, 3.63) is 35.9 Å². The summed E-state index contributed by atoms with van der Waals surface area (Å²) in [5.74, 6) is -0.186. The summed E-state index contributed by atoms with van der Waals surface area (Å²) in [6, 6.07) is 10.2. The van der Waals surface area contributed by atoms with Crippen LogP contribution in [0.25, 0.3) is 0 Å². The van der Waals surface area contributed by atoms with Gasteiger partial charge in [0.1, 0.15) is 24.4 Å². The third-order valence-electron chi connectivity index (χ3n) is 5.09. The molecule has 0 aliphatic carbocycles. The molecule has 3 unspecified atom stereocenters. The van der Waals surface area contributed by atoms with Gasteiger partial charge in [0, 0.05) is 5.92 Å². The molecule has 0 radical (unpaired) electrons. The summed E-state index contributed by atoms with van der Waals surface area (Å²) < 4.78 is 10.8. The standard InChI is InChI=1S/C20H32O7/c1-13(15(22)10-6-5-9-14-7-3-2-4-8-14)12-26-20-19(25)18(24)17(23)16(11-21)27-20/h2-4,7-8,13,15-25H,5-6,9-12H2,1H3/t13-,15+,16?,17-,18?,19?,20-/m0/s1. The van der Waals surface area contributed by atoms with Crippen molar-refractivity contribution in [1.29, 1.82) is 0 Å². The molecule has 7 heteroatoms. The lowest BCUT2D eigenvalue weighted by Gasteiger charge is -2.40. The molecule has 2 rings (SSSR count). The molecule has 1 aliphatic rings. The zero-order valence-electron chi connectivity index (χ0n) is 15.7. The predicted molar refractivity (Wildman–Crippen MR) is 98.9 cm³/mol. The van der Waals surface area contributed by atoms with Crippen LogP contribution in [0.15, 0.2) is 30.3 Å². The molecule has 0 aromatic heterocycles. The van der Waals surface area contributed by atoms with E-state index >= 15 is 0 Å². The van der Waals surface area contributed by atoms with Gasteiger partial charge in [0.2, 0.25) is 0 Å². The fourth-order valence-electron chi connectivity index (χ4n) is 3.17. The molecule has 0 spiro atoms. The van der Waals surface area contributed by atoms with Crippen LogP contribution in [0.3, 0.4) is 0 Å². The lowest BCUT2D eigenvalue weighted by molar-refractivity contribution is -0.304. The van der Waals surface area contributed by atoms with Gasteiger partial charge in [0.05, 0.1) is 19.3 Å². The smallest absolute Gasteiger partial charge is 0.186 e. The first-order valence-electron chi connectivity index (χ1n) is 9.58. The number of rotatable bonds is 10. The van der Waals surface area contributed by atoms with Crippen LogP contribution in [0.2, 0.25) is 0 Å². The van der Waals surface area contributed by atoms with Crippen LogP contribution in [0.5, 0.6) is 0 Å². The number of hydrogen-bond donors (Lipinski definition) is 5. The van der Waals surface area contributed by atoms with E-state index in [0.29, 0.717) is 6.42 Å². The molecule has 7 nitrogen and oxygen atoms in total. The Bertz CT molecular complexity index is 524. The van der Waals surface area contributed by atoms with Gasteiger partial charge in [-0.25, -0.2) is 0 Å². The number of unbranched alkanes of at least 4 members (excludes halogenated alkanes) is 1. The molecule has 1 aliphatic heterocycles. The van der Waals surface area contributed by atoms with E-state index in [1.165, 1.54) is 5.56 Å². The van der Waals surface area contributed by atoms with Crippen LogP contribution in [0.1, 0.15) is 31.7 Å². The maximum absolute atomic E-state index is 10.3. The molecule has 1 aromatic rings. The Kier molecular flexibility index (Phi) is 9.11. The van der Waals surface area contributed by atoms with Gasteiger partial charge in [-0.05, 0) is 24.8 Å². The van der Waals surface area contributed by atoms with Crippen molar-refractivity contribution >= 4 is 0 Å². The molecule has 154 valence electrons. The Morgan fingerprint density at radius 1 is 1.04 bits per heavy atom. The highest BCUT2D eigenvalue weighted by Crippen LogP contribution is 2.23. The summed E-state index contributed by atoms with van der Waals surface area (Å²) in [6.07, 6.45) is -3.49. The van der Waals surface area contributed by atoms with Crippen LogP contribution < -0.4 is 0 Å². The van der Waals surface area contributed by atoms with Crippen LogP contribution in [-0.2, 0) is 15.9 Å². The minimum Gasteiger partial charge on any atom is -0.394 e. The van der Waals surface area contributed by atoms with E-state index in [4.69, 9.17) is 9.47 Å². The van der Waals surface area contributed by atoms with E-state index in [1.54, 1.807) is 0 Å². The summed E-state index contributed by atoms with van der Waals surface area (Å²) in [5.41, 5.74) is 1.28. The number of aryl methyl sites for hydroxylation is 1. The number of aliphatic hydroxyl groups is 5. The molecule has 0 saturated carbocycles. The van der Waals surface area contributed by atoms with Crippen LogP contribution in [-0.4, -0.2) is 75.6 Å². The Morgan fingerprint density at radius 2 is 1.74 bits per heavy atom. The molecule has 27 heavy (non-hydrogen) atoms. The van der Waals surface area contributed by atoms with Gasteiger partial charge in [-0.3, -0.25) is 0 Å². The molecule has 1 saturated heterocycles. The van der Waals surface area contributed by atoms with Crippen molar-refractivity contribution in [3.8, 4) is 0 Å². The molecule has 1 fully saturated rings. The molecular weight excluding hydrogens is 352 g/mol. The third-order valence-corrected chi connectivity index (χ3v) is 5.09. The number of hydrogen-bond acceptors (Lipinski definition) is 7. The van der Waals surface area contributed by atoms with E-state index in [9.17, 15) is 25.5 Å². The minimum absolute atomic E-state index is 0.128. The SMILES string of the molecule is C[C@@H](CO[C@H]1OC(CO)[C@H](O)C(O)C1O)[C@H](O)CCCCc1ccccc1. The lowest BCUT2D eigenvalue weighted by Crippen LogP contribution is -2.59. The molecule has 0 amide bonds. The predicted octanol–water partition coefficient (Wildman–Crippen LogP) is 0.213. The first-order chi connectivity index (χ1) is 12.9. The van der Waals surface area contributed by atoms with E-state index in [2.05, 4.69) is 12.1 Å². The van der Waals surface area contributed by atoms with Gasteiger partial charge in [-0.2, -0.15) is 0 Å². The second-order valence-corrected chi connectivity index (χ2v) is 7.31. The number of ether oxygens (including phenoxy) is 2. The van der Waals surface area contributed by atoms with E-state index in [-0.39, 0.29) is 12.5 Å². The minimum atomic E-state index is -1.46. The topological polar surface area (TPSA) is 120 Å². The second kappa shape index (κ2) is 11.1. The van der Waals surface area contributed by atoms with Crippen LogP contribution >= 0.6 is 0 Å². The maximum atomic E-state index is 10.3. The van der Waals surface area contributed by atoms with E-state index < -0.39 is 43.4 Å². The summed E-state index contributed by atoms with van der Waals surface area (Å²) in [7, 11) is 0. The van der Waals surface area contributed by atoms with Gasteiger partial charge in [-0.15, -0.1) is 0 Å². The van der Waals surface area contributed by atoms with Gasteiger partial charge in [-0.1, -0.05) is 43.7 Å². The van der Waals surface area contributed by atoms with Crippen molar-refractivity contribution in [1.82, 2.24) is 0 Å². The monoisotopic (exact) mass is 384 g/mol. The Balaban J connectivity index is 1.68. The molecular formula is C20H32O7. The van der Waals surface area contributed by atoms with Gasteiger partial charge in [0.25, 0.3) is 0 Å². The molecule has 0 bridgehead atoms. The number of benzene rings is 1. The number of aliphatic hydroxyl groups excluding tert-OH is 5. The van der Waals surface area contributed by atoms with Gasteiger partial charge >= 0.3 is 0 Å². The zero-order chi connectivity index (χ0) is 19.8. The Morgan fingerprint density at radius 3 is 2.41 bits per heavy atom. The molecule has 1 heterocycles. The average molecular weight is 384 g/mol. The lowest BCUT2D eigenvalue weighted by atomic mass is 9.98. The second-order valence-electron chi connectivity index (χ2n) is 7.31. The molecule has 7 atom stereocenters. The first-order valence-corrected chi connectivity index (χ1v) is 9.58. The summed E-state index contributed by atoms with van der Waals surface area (Å²) in [6.45, 7) is 1.47. The summed E-state index contributed by atoms with van der Waals surface area (Å²) in [4.78, 5) is 0. The first kappa shape index (κ1) is 22.2. The van der Waals surface area contributed by atoms with Gasteiger partial charge < -0.3 is 35.0 Å². The zero-order valence-corrected chi connectivity index (χ0v) is 15.7. The van der Waals surface area contributed by atoms with E-state index in [0.717, 1.165) is 19.3 Å². The largest absolute Gasteiger partial charge is 0.394 e. The average Bonchev–Trinajstić information content (AvgIpc) is 2.69. The van der Waals surface area contributed by atoms with Gasteiger partial charge in [0.15, 0.2) is 6.29 Å². The highest BCUT2D eigenvalue weighted by atomic mass is 16.7. The quantitative estimate of drug-likeness (QED) is 0.366. The Hall–Kier alpha value is -1.06. The van der Waals surface area contributed by atoms with E-state index in [1.807, 2.05) is 25.1 Å². The highest BCUT2D eigenvalue weighted by molar-refractivity contribution is 5.14. The fraction of sp³-hybridized carbons (Fsp3) is 0.700. The van der Waals surface area contributed by atoms with Crippen molar-refractivity contribution < 1.29 is 35.0 Å². The molecule has 1 aromatic carbocycles. The summed E-state index contributed by atoms with van der Waals surface area (Å²) in [5, 5.41) is 48.9. The third kappa shape index (κ3) is 6.50. The molecule has 5 N–H and O–H groups in total. The fourth-order valence-corrected chi connectivity index (χ4v) is 3.17. The van der Waals surface area contributed by atoms with Crippen molar-refractivity contribution in [2.75, 3.05) is 13.2 Å².